The van der Waals surface area contributed by atoms with Crippen LogP contribution in [0.3, 0.4) is 0 Å². The maximum absolute atomic E-state index is 6.04. The number of fused-ring (bicyclic) bond motifs is 1. The van der Waals surface area contributed by atoms with Crippen molar-refractivity contribution in [3.63, 3.8) is 0 Å². The molecule has 18 heavy (non-hydrogen) atoms. The highest BCUT2D eigenvalue weighted by molar-refractivity contribution is 9.10. The molecule has 3 rings (SSSR count). The molecule has 0 aliphatic carbocycles. The summed E-state index contributed by atoms with van der Waals surface area (Å²) in [6.07, 6.45) is 0. The molecule has 3 nitrogen and oxygen atoms in total. The zero-order chi connectivity index (χ0) is 12.5. The third-order valence-electron chi connectivity index (χ3n) is 3.01. The maximum Gasteiger partial charge on any atom is 0.201 e. The minimum Gasteiger partial charge on any atom is -0.369 e. The van der Waals surface area contributed by atoms with Crippen molar-refractivity contribution < 1.29 is 0 Å². The highest BCUT2D eigenvalue weighted by atomic mass is 79.9. The molecule has 1 aliphatic heterocycles. The van der Waals surface area contributed by atoms with Gasteiger partial charge in [0.25, 0.3) is 0 Å². The van der Waals surface area contributed by atoms with Crippen molar-refractivity contribution in [2.45, 2.75) is 11.8 Å². The number of halogens is 1. The van der Waals surface area contributed by atoms with E-state index in [1.54, 1.807) is 0 Å². The summed E-state index contributed by atoms with van der Waals surface area (Å²) in [6, 6.07) is 6.11. The summed E-state index contributed by atoms with van der Waals surface area (Å²) in [6.45, 7) is 0.955. The Morgan fingerprint density at radius 3 is 3.11 bits per heavy atom. The van der Waals surface area contributed by atoms with Gasteiger partial charge in [-0.1, -0.05) is 15.9 Å². The van der Waals surface area contributed by atoms with Gasteiger partial charge in [-0.05, 0) is 18.2 Å². The number of imidazole rings is 1. The van der Waals surface area contributed by atoms with Gasteiger partial charge in [-0.3, -0.25) is 0 Å². The molecule has 1 aromatic carbocycles. The highest BCUT2D eigenvalue weighted by Crippen LogP contribution is 2.28. The van der Waals surface area contributed by atoms with E-state index in [-0.39, 0.29) is 0 Å². The molecule has 0 amide bonds. The molecule has 1 saturated heterocycles. The molecule has 6 heteroatoms. The monoisotopic (exact) mass is 343 g/mol. The fourth-order valence-corrected chi connectivity index (χ4v) is 5.15. The van der Waals surface area contributed by atoms with E-state index in [0.29, 0.717) is 11.2 Å². The van der Waals surface area contributed by atoms with E-state index in [1.807, 2.05) is 35.7 Å². The van der Waals surface area contributed by atoms with E-state index in [1.165, 1.54) is 17.3 Å². The summed E-state index contributed by atoms with van der Waals surface area (Å²) >= 11 is 7.59. The van der Waals surface area contributed by atoms with Gasteiger partial charge < -0.3 is 10.3 Å². The Morgan fingerprint density at radius 1 is 1.44 bits per heavy atom. The average Bonchev–Trinajstić information content (AvgIpc) is 2.67. The van der Waals surface area contributed by atoms with Crippen LogP contribution in [0.15, 0.2) is 22.7 Å². The first-order valence-electron chi connectivity index (χ1n) is 5.84. The summed E-state index contributed by atoms with van der Waals surface area (Å²) in [7, 11) is 0. The van der Waals surface area contributed by atoms with Crippen molar-refractivity contribution in [1.29, 1.82) is 0 Å². The summed E-state index contributed by atoms with van der Waals surface area (Å²) in [5.41, 5.74) is 8.14. The van der Waals surface area contributed by atoms with Gasteiger partial charge in [0.15, 0.2) is 0 Å². The Bertz CT molecular complexity index is 564. The first kappa shape index (κ1) is 12.7. The van der Waals surface area contributed by atoms with Crippen LogP contribution < -0.4 is 5.73 Å². The lowest BCUT2D eigenvalue weighted by Crippen LogP contribution is -2.21. The summed E-state index contributed by atoms with van der Waals surface area (Å²) < 4.78 is 3.21. The number of hydrogen-bond acceptors (Lipinski definition) is 4. The first-order chi connectivity index (χ1) is 8.74. The van der Waals surface area contributed by atoms with E-state index in [2.05, 4.69) is 31.5 Å². The number of nitrogens with zero attached hydrogens (tertiary/aromatic N) is 2. The van der Waals surface area contributed by atoms with Crippen molar-refractivity contribution in [2.75, 3.05) is 23.0 Å². The predicted molar refractivity (Wildman–Crippen MR) is 85.4 cm³/mol. The Kier molecular flexibility index (Phi) is 3.77. The van der Waals surface area contributed by atoms with Gasteiger partial charge in [-0.2, -0.15) is 23.5 Å². The summed E-state index contributed by atoms with van der Waals surface area (Å²) in [5, 5.41) is 0.641. The highest BCUT2D eigenvalue weighted by Gasteiger charge is 2.18. The van der Waals surface area contributed by atoms with Crippen LogP contribution in [-0.4, -0.2) is 32.1 Å². The molecular weight excluding hydrogens is 330 g/mol. The molecule has 0 radical (unpaired) electrons. The average molecular weight is 344 g/mol. The van der Waals surface area contributed by atoms with Crippen LogP contribution in [0.5, 0.6) is 0 Å². The Labute approximate surface area is 123 Å². The molecule has 1 atom stereocenters. The van der Waals surface area contributed by atoms with Crippen LogP contribution >= 0.6 is 39.5 Å². The topological polar surface area (TPSA) is 43.8 Å². The number of thioether (sulfide) groups is 2. The van der Waals surface area contributed by atoms with Crippen molar-refractivity contribution in [2.24, 2.45) is 0 Å². The van der Waals surface area contributed by atoms with Crippen LogP contribution in [0.2, 0.25) is 0 Å². The maximum atomic E-state index is 6.04. The second-order valence-corrected chi connectivity index (χ2v) is 7.76. The normalized spacial score (nSPS) is 20.4. The lowest BCUT2D eigenvalue weighted by molar-refractivity contribution is 0.724. The fourth-order valence-electron chi connectivity index (χ4n) is 2.15. The van der Waals surface area contributed by atoms with Crippen LogP contribution in [0.4, 0.5) is 5.95 Å². The van der Waals surface area contributed by atoms with Crippen molar-refractivity contribution in [1.82, 2.24) is 9.55 Å². The number of aromatic nitrogens is 2. The lowest BCUT2D eigenvalue weighted by atomic mass is 10.3. The van der Waals surface area contributed by atoms with Gasteiger partial charge >= 0.3 is 0 Å². The zero-order valence-electron chi connectivity index (χ0n) is 9.80. The molecule has 2 aromatic rings. The minimum absolute atomic E-state index is 0.624. The summed E-state index contributed by atoms with van der Waals surface area (Å²) in [5.74, 6) is 4.34. The number of nitrogens with two attached hydrogens (primary N) is 1. The Balaban J connectivity index is 1.94. The van der Waals surface area contributed by atoms with Crippen molar-refractivity contribution in [3.05, 3.63) is 22.7 Å². The molecule has 96 valence electrons. The number of nitrogen functional groups attached to an aromatic ring is 1. The third kappa shape index (κ3) is 2.51. The van der Waals surface area contributed by atoms with Gasteiger partial charge in [0.2, 0.25) is 5.95 Å². The minimum atomic E-state index is 0.624. The molecule has 1 aliphatic rings. The van der Waals surface area contributed by atoms with Crippen LogP contribution in [-0.2, 0) is 6.54 Å². The largest absolute Gasteiger partial charge is 0.369 e. The molecule has 0 saturated carbocycles. The van der Waals surface area contributed by atoms with E-state index < -0.39 is 0 Å². The van der Waals surface area contributed by atoms with Crippen LogP contribution in [0, 0.1) is 0 Å². The van der Waals surface area contributed by atoms with Gasteiger partial charge in [-0.25, -0.2) is 4.98 Å². The number of anilines is 1. The predicted octanol–water partition coefficient (Wildman–Crippen LogP) is 3.23. The second kappa shape index (κ2) is 5.35. The SMILES string of the molecule is Nc1nc2ccc(Br)cc2n1CC1CSCCS1. The quantitative estimate of drug-likeness (QED) is 0.908. The molecular formula is C12H14BrN3S2. The van der Waals surface area contributed by atoms with Gasteiger partial charge in [-0.15, -0.1) is 0 Å². The van der Waals surface area contributed by atoms with Crippen LogP contribution in [0.25, 0.3) is 11.0 Å². The summed E-state index contributed by atoms with van der Waals surface area (Å²) in [4.78, 5) is 4.42. The molecule has 0 bridgehead atoms. The molecule has 1 fully saturated rings. The molecule has 1 unspecified atom stereocenters. The lowest BCUT2D eigenvalue weighted by Gasteiger charge is -2.22. The molecule has 1 aromatic heterocycles. The third-order valence-corrected chi connectivity index (χ3v) is 6.33. The van der Waals surface area contributed by atoms with Crippen molar-refractivity contribution in [3.8, 4) is 0 Å². The Hall–Kier alpha value is -0.330. The van der Waals surface area contributed by atoms with Crippen LogP contribution in [0.1, 0.15) is 0 Å². The van der Waals surface area contributed by atoms with Gasteiger partial charge in [0.05, 0.1) is 11.0 Å². The second-order valence-electron chi connectivity index (χ2n) is 4.28. The van der Waals surface area contributed by atoms with E-state index in [9.17, 15) is 0 Å². The number of rotatable bonds is 2. The number of benzene rings is 1. The Morgan fingerprint density at radius 2 is 2.33 bits per heavy atom. The first-order valence-corrected chi connectivity index (χ1v) is 8.84. The van der Waals surface area contributed by atoms with Crippen molar-refractivity contribution >= 4 is 56.4 Å². The fraction of sp³-hybridized carbons (Fsp3) is 0.417. The molecule has 2 heterocycles. The smallest absolute Gasteiger partial charge is 0.201 e. The zero-order valence-corrected chi connectivity index (χ0v) is 13.0. The molecule has 2 N–H and O–H groups in total. The van der Waals surface area contributed by atoms with E-state index >= 15 is 0 Å². The van der Waals surface area contributed by atoms with E-state index in [4.69, 9.17) is 5.73 Å². The standard InChI is InChI=1S/C12H14BrN3S2/c13-8-1-2-10-11(5-8)16(12(14)15-10)6-9-7-17-3-4-18-9/h1-2,5,9H,3-4,6-7H2,(H2,14,15). The number of hydrogen-bond donors (Lipinski definition) is 1. The van der Waals surface area contributed by atoms with E-state index in [0.717, 1.165) is 22.1 Å². The van der Waals surface area contributed by atoms with Gasteiger partial charge in [0, 0.05) is 33.5 Å². The molecule has 0 spiro atoms. The van der Waals surface area contributed by atoms with Gasteiger partial charge in [0.1, 0.15) is 0 Å².